The minimum atomic E-state index is -0.443. The van der Waals surface area contributed by atoms with Gasteiger partial charge >= 0.3 is 0 Å². The number of nitrogens with zero attached hydrogens (tertiary/aromatic N) is 1. The van der Waals surface area contributed by atoms with E-state index in [1.54, 1.807) is 12.1 Å². The van der Waals surface area contributed by atoms with E-state index in [4.69, 9.17) is 5.73 Å². The van der Waals surface area contributed by atoms with E-state index in [2.05, 4.69) is 16.6 Å². The van der Waals surface area contributed by atoms with E-state index < -0.39 is 5.91 Å². The van der Waals surface area contributed by atoms with Gasteiger partial charge in [-0.1, -0.05) is 6.42 Å². The highest BCUT2D eigenvalue weighted by molar-refractivity contribution is 7.98. The van der Waals surface area contributed by atoms with Gasteiger partial charge < -0.3 is 11.1 Å². The van der Waals surface area contributed by atoms with Gasteiger partial charge in [-0.3, -0.25) is 4.79 Å². The van der Waals surface area contributed by atoms with Crippen molar-refractivity contribution in [1.82, 2.24) is 4.98 Å². The molecule has 0 saturated carbocycles. The van der Waals surface area contributed by atoms with E-state index in [1.165, 1.54) is 24.8 Å². The highest BCUT2D eigenvalue weighted by Gasteiger charge is 2.00. The zero-order valence-electron chi connectivity index (χ0n) is 10.1. The lowest BCUT2D eigenvalue weighted by atomic mass is 10.2. The molecule has 0 bridgehead atoms. The molecule has 5 heteroatoms. The number of pyridine rings is 1. The highest BCUT2D eigenvalue weighted by Crippen LogP contribution is 2.06. The van der Waals surface area contributed by atoms with Gasteiger partial charge in [-0.2, -0.15) is 11.8 Å². The number of thioether (sulfide) groups is 1. The number of hydrogen-bond donors (Lipinski definition) is 2. The molecule has 0 aliphatic heterocycles. The molecule has 1 rings (SSSR count). The smallest absolute Gasteiger partial charge is 0.250 e. The maximum Gasteiger partial charge on any atom is 0.250 e. The van der Waals surface area contributed by atoms with Crippen molar-refractivity contribution in [2.24, 2.45) is 5.73 Å². The average Bonchev–Trinajstić information content (AvgIpc) is 2.34. The summed E-state index contributed by atoms with van der Waals surface area (Å²) in [6.45, 7) is 0.914. The van der Waals surface area contributed by atoms with Gasteiger partial charge in [0.2, 0.25) is 5.91 Å². The molecule has 4 nitrogen and oxygen atoms in total. The van der Waals surface area contributed by atoms with Crippen molar-refractivity contribution >= 4 is 23.5 Å². The third-order valence-corrected chi connectivity index (χ3v) is 3.08. The molecule has 0 atom stereocenters. The fourth-order valence-electron chi connectivity index (χ4n) is 1.41. The monoisotopic (exact) mass is 253 g/mol. The van der Waals surface area contributed by atoms with Gasteiger partial charge in [0.25, 0.3) is 0 Å². The number of hydrogen-bond acceptors (Lipinski definition) is 4. The lowest BCUT2D eigenvalue weighted by Crippen LogP contribution is -2.11. The number of nitrogens with one attached hydrogen (secondary N) is 1. The first-order valence-electron chi connectivity index (χ1n) is 5.72. The molecule has 1 aromatic rings. The molecule has 0 fully saturated rings. The van der Waals surface area contributed by atoms with Gasteiger partial charge in [0.15, 0.2) is 0 Å². The third-order valence-electron chi connectivity index (χ3n) is 2.38. The van der Waals surface area contributed by atoms with Crippen molar-refractivity contribution in [2.45, 2.75) is 19.3 Å². The van der Waals surface area contributed by atoms with Crippen LogP contribution < -0.4 is 11.1 Å². The normalized spacial score (nSPS) is 10.2. The summed E-state index contributed by atoms with van der Waals surface area (Å²) in [5.74, 6) is 1.58. The van der Waals surface area contributed by atoms with Gasteiger partial charge in [-0.05, 0) is 37.0 Å². The van der Waals surface area contributed by atoms with Crippen LogP contribution in [-0.2, 0) is 0 Å². The molecule has 0 aromatic carbocycles. The largest absolute Gasteiger partial charge is 0.370 e. The number of amides is 1. The number of carbonyl (C=O) groups is 1. The minimum absolute atomic E-state index is 0.440. The molecule has 1 amide bonds. The fraction of sp³-hybridized carbons (Fsp3) is 0.500. The SMILES string of the molecule is CSCCCCCNc1ccc(C(N)=O)cn1. The zero-order valence-corrected chi connectivity index (χ0v) is 10.9. The Hall–Kier alpha value is -1.23. The van der Waals surface area contributed by atoms with Gasteiger partial charge in [0, 0.05) is 12.7 Å². The molecule has 1 aromatic heterocycles. The number of aromatic nitrogens is 1. The topological polar surface area (TPSA) is 68.0 Å². The molecule has 1 heterocycles. The minimum Gasteiger partial charge on any atom is -0.370 e. The van der Waals surface area contributed by atoms with Crippen LogP contribution in [0.5, 0.6) is 0 Å². The van der Waals surface area contributed by atoms with Gasteiger partial charge in [-0.15, -0.1) is 0 Å². The summed E-state index contributed by atoms with van der Waals surface area (Å²) < 4.78 is 0. The summed E-state index contributed by atoms with van der Waals surface area (Å²) in [5.41, 5.74) is 5.57. The molecule has 0 unspecified atom stereocenters. The molecular weight excluding hydrogens is 234 g/mol. The maximum atomic E-state index is 10.8. The molecule has 3 N–H and O–H groups in total. The quantitative estimate of drug-likeness (QED) is 0.696. The van der Waals surface area contributed by atoms with Crippen LogP contribution in [0, 0.1) is 0 Å². The van der Waals surface area contributed by atoms with Crippen LogP contribution in [0.25, 0.3) is 0 Å². The van der Waals surface area contributed by atoms with Crippen LogP contribution in [0.2, 0.25) is 0 Å². The van der Waals surface area contributed by atoms with Crippen LogP contribution >= 0.6 is 11.8 Å². The number of carbonyl (C=O) groups excluding carboxylic acids is 1. The van der Waals surface area contributed by atoms with E-state index in [0.29, 0.717) is 5.56 Å². The second-order valence-corrected chi connectivity index (χ2v) is 4.76. The second-order valence-electron chi connectivity index (χ2n) is 3.78. The van der Waals surface area contributed by atoms with Crippen molar-refractivity contribution in [3.8, 4) is 0 Å². The van der Waals surface area contributed by atoms with Crippen LogP contribution in [0.15, 0.2) is 18.3 Å². The van der Waals surface area contributed by atoms with Crippen LogP contribution in [0.3, 0.4) is 0 Å². The Morgan fingerprint density at radius 3 is 2.82 bits per heavy atom. The van der Waals surface area contributed by atoms with E-state index in [9.17, 15) is 4.79 Å². The summed E-state index contributed by atoms with van der Waals surface area (Å²) in [4.78, 5) is 15.0. The van der Waals surface area contributed by atoms with Crippen LogP contribution in [0.4, 0.5) is 5.82 Å². The number of anilines is 1. The van der Waals surface area contributed by atoms with E-state index >= 15 is 0 Å². The molecule has 0 aliphatic rings. The van der Waals surface area contributed by atoms with Crippen molar-refractivity contribution < 1.29 is 4.79 Å². The van der Waals surface area contributed by atoms with Crippen LogP contribution in [0.1, 0.15) is 29.6 Å². The Bertz CT molecular complexity index is 340. The van der Waals surface area contributed by atoms with Gasteiger partial charge in [-0.25, -0.2) is 4.98 Å². The summed E-state index contributed by atoms with van der Waals surface area (Å²) >= 11 is 1.88. The summed E-state index contributed by atoms with van der Waals surface area (Å²) in [6, 6.07) is 3.47. The fourth-order valence-corrected chi connectivity index (χ4v) is 1.90. The number of unbranched alkanes of at least 4 members (excludes halogenated alkanes) is 2. The summed E-state index contributed by atoms with van der Waals surface area (Å²) in [6.07, 6.45) is 7.25. The molecule has 0 saturated heterocycles. The Labute approximate surface area is 106 Å². The Morgan fingerprint density at radius 1 is 1.41 bits per heavy atom. The summed E-state index contributed by atoms with van der Waals surface area (Å²) in [7, 11) is 0. The standard InChI is InChI=1S/C12H19N3OS/c1-17-8-4-2-3-7-14-11-6-5-10(9-15-11)12(13)16/h5-6,9H,2-4,7-8H2,1H3,(H2,13,16)(H,14,15). The molecule has 94 valence electrons. The number of primary amides is 1. The van der Waals surface area contributed by atoms with Crippen molar-refractivity contribution in [3.05, 3.63) is 23.9 Å². The summed E-state index contributed by atoms with van der Waals surface area (Å²) in [5, 5.41) is 3.22. The van der Waals surface area contributed by atoms with E-state index in [-0.39, 0.29) is 0 Å². The first-order valence-corrected chi connectivity index (χ1v) is 7.12. The highest BCUT2D eigenvalue weighted by atomic mass is 32.2. The maximum absolute atomic E-state index is 10.8. The van der Waals surface area contributed by atoms with E-state index in [0.717, 1.165) is 18.8 Å². The predicted octanol–water partition coefficient (Wildman–Crippen LogP) is 2.13. The zero-order chi connectivity index (χ0) is 12.5. The Balaban J connectivity index is 2.21. The van der Waals surface area contributed by atoms with Gasteiger partial charge in [0.05, 0.1) is 5.56 Å². The first-order chi connectivity index (χ1) is 8.24. The number of nitrogens with two attached hydrogens (primary N) is 1. The first kappa shape index (κ1) is 13.8. The van der Waals surface area contributed by atoms with E-state index in [1.807, 2.05) is 11.8 Å². The van der Waals surface area contributed by atoms with Gasteiger partial charge in [0.1, 0.15) is 5.82 Å². The predicted molar refractivity (Wildman–Crippen MR) is 73.5 cm³/mol. The van der Waals surface area contributed by atoms with Crippen molar-refractivity contribution in [1.29, 1.82) is 0 Å². The van der Waals surface area contributed by atoms with Crippen molar-refractivity contribution in [2.75, 3.05) is 23.9 Å². The molecule has 0 spiro atoms. The lowest BCUT2D eigenvalue weighted by molar-refractivity contribution is 0.1000. The van der Waals surface area contributed by atoms with Crippen LogP contribution in [-0.4, -0.2) is 29.4 Å². The Kier molecular flexibility index (Phi) is 6.47. The third kappa shape index (κ3) is 5.58. The Morgan fingerprint density at radius 2 is 2.24 bits per heavy atom. The molecular formula is C12H19N3OS. The molecule has 0 aliphatic carbocycles. The lowest BCUT2D eigenvalue weighted by Gasteiger charge is -2.05. The second kappa shape index (κ2) is 7.95. The molecule has 0 radical (unpaired) electrons. The van der Waals surface area contributed by atoms with Crippen molar-refractivity contribution in [3.63, 3.8) is 0 Å². The molecule has 17 heavy (non-hydrogen) atoms. The average molecular weight is 253 g/mol. The number of rotatable bonds is 8.